The summed E-state index contributed by atoms with van der Waals surface area (Å²) in [6.07, 6.45) is 0.914. The van der Waals surface area contributed by atoms with Gasteiger partial charge in [-0.15, -0.1) is 11.3 Å². The molecule has 0 saturated carbocycles. The highest BCUT2D eigenvalue weighted by atomic mass is 35.5. The highest BCUT2D eigenvalue weighted by molar-refractivity contribution is 7.89. The van der Waals surface area contributed by atoms with Gasteiger partial charge in [-0.3, -0.25) is 0 Å². The van der Waals surface area contributed by atoms with Gasteiger partial charge in [-0.05, 0) is 43.2 Å². The fraction of sp³-hybridized carbons (Fsp3) is 0.286. The summed E-state index contributed by atoms with van der Waals surface area (Å²) >= 11 is 7.47. The van der Waals surface area contributed by atoms with Crippen molar-refractivity contribution in [1.82, 2.24) is 5.32 Å². The molecule has 0 aliphatic rings. The first-order chi connectivity index (χ1) is 9.86. The molecule has 7 heteroatoms. The van der Waals surface area contributed by atoms with E-state index in [0.29, 0.717) is 0 Å². The SMILES string of the molecule is CC(NCCc1ccc(Cl)s1)c1ccc(S(N)(=O)=O)cc1. The third kappa shape index (κ3) is 4.79. The number of primary sulfonamides is 1. The zero-order chi connectivity index (χ0) is 15.5. The minimum Gasteiger partial charge on any atom is -0.310 e. The lowest BCUT2D eigenvalue weighted by Crippen LogP contribution is -2.21. The Bertz CT molecular complexity index is 696. The molecule has 0 amide bonds. The maximum Gasteiger partial charge on any atom is 0.238 e. The van der Waals surface area contributed by atoms with E-state index in [9.17, 15) is 8.42 Å². The summed E-state index contributed by atoms with van der Waals surface area (Å²) in [6, 6.07) is 10.7. The van der Waals surface area contributed by atoms with Crippen molar-refractivity contribution in [2.75, 3.05) is 6.54 Å². The van der Waals surface area contributed by atoms with Gasteiger partial charge >= 0.3 is 0 Å². The fourth-order valence-corrected chi connectivity index (χ4v) is 3.56. The number of nitrogens with two attached hydrogens (primary N) is 1. The first-order valence-electron chi connectivity index (χ1n) is 6.46. The Morgan fingerprint density at radius 1 is 1.24 bits per heavy atom. The van der Waals surface area contributed by atoms with Crippen LogP contribution in [0.3, 0.4) is 0 Å². The van der Waals surface area contributed by atoms with Gasteiger partial charge in [0, 0.05) is 17.5 Å². The van der Waals surface area contributed by atoms with Crippen LogP contribution in [-0.4, -0.2) is 15.0 Å². The predicted octanol–water partition coefficient (Wildman–Crippen LogP) is 2.94. The number of hydrogen-bond donors (Lipinski definition) is 2. The Kier molecular flexibility index (Phi) is 5.40. The molecule has 1 heterocycles. The summed E-state index contributed by atoms with van der Waals surface area (Å²) in [6.45, 7) is 2.86. The molecule has 3 N–H and O–H groups in total. The summed E-state index contributed by atoms with van der Waals surface area (Å²) in [5.74, 6) is 0. The molecule has 1 atom stereocenters. The monoisotopic (exact) mass is 344 g/mol. The summed E-state index contributed by atoms with van der Waals surface area (Å²) in [4.78, 5) is 1.37. The average molecular weight is 345 g/mol. The average Bonchev–Trinajstić information content (AvgIpc) is 2.83. The van der Waals surface area contributed by atoms with Crippen molar-refractivity contribution in [1.29, 1.82) is 0 Å². The van der Waals surface area contributed by atoms with Crippen LogP contribution < -0.4 is 10.5 Å². The summed E-state index contributed by atoms with van der Waals surface area (Å²) in [5, 5.41) is 8.47. The number of halogens is 1. The van der Waals surface area contributed by atoms with Gasteiger partial charge in [0.25, 0.3) is 0 Å². The van der Waals surface area contributed by atoms with Gasteiger partial charge in [-0.2, -0.15) is 0 Å². The van der Waals surface area contributed by atoms with E-state index in [-0.39, 0.29) is 10.9 Å². The molecular formula is C14H17ClN2O2S2. The normalized spacial score (nSPS) is 13.3. The van der Waals surface area contributed by atoms with Crippen LogP contribution in [0.1, 0.15) is 23.4 Å². The lowest BCUT2D eigenvalue weighted by Gasteiger charge is -2.14. The highest BCUT2D eigenvalue weighted by Crippen LogP contribution is 2.22. The van der Waals surface area contributed by atoms with Crippen molar-refractivity contribution in [3.8, 4) is 0 Å². The van der Waals surface area contributed by atoms with E-state index in [1.165, 1.54) is 17.0 Å². The maximum absolute atomic E-state index is 11.2. The van der Waals surface area contributed by atoms with Crippen LogP contribution in [0, 0.1) is 0 Å². The van der Waals surface area contributed by atoms with Crippen LogP contribution in [0.15, 0.2) is 41.3 Å². The number of benzene rings is 1. The molecule has 0 spiro atoms. The zero-order valence-electron chi connectivity index (χ0n) is 11.5. The first kappa shape index (κ1) is 16.5. The van der Waals surface area contributed by atoms with E-state index in [1.54, 1.807) is 23.5 Å². The van der Waals surface area contributed by atoms with E-state index in [0.717, 1.165) is 22.9 Å². The Morgan fingerprint density at radius 2 is 1.90 bits per heavy atom. The summed E-state index contributed by atoms with van der Waals surface area (Å²) in [5.41, 5.74) is 1.02. The summed E-state index contributed by atoms with van der Waals surface area (Å²) in [7, 11) is -3.63. The van der Waals surface area contributed by atoms with E-state index >= 15 is 0 Å². The number of hydrogen-bond acceptors (Lipinski definition) is 4. The van der Waals surface area contributed by atoms with Crippen molar-refractivity contribution >= 4 is 33.0 Å². The van der Waals surface area contributed by atoms with Crippen molar-refractivity contribution in [2.24, 2.45) is 5.14 Å². The molecule has 2 rings (SSSR count). The van der Waals surface area contributed by atoms with Crippen molar-refractivity contribution in [3.63, 3.8) is 0 Å². The Hall–Kier alpha value is -0.920. The second kappa shape index (κ2) is 6.89. The molecule has 2 aromatic rings. The van der Waals surface area contributed by atoms with Crippen molar-refractivity contribution in [2.45, 2.75) is 24.3 Å². The zero-order valence-corrected chi connectivity index (χ0v) is 13.9. The standard InChI is InChI=1S/C14H17ClN2O2S2/c1-10(17-9-8-12-4-7-14(15)20-12)11-2-5-13(6-3-11)21(16,18)19/h2-7,10,17H,8-9H2,1H3,(H2,16,18,19). The highest BCUT2D eigenvalue weighted by Gasteiger charge is 2.09. The molecule has 114 valence electrons. The van der Waals surface area contributed by atoms with E-state index in [1.807, 2.05) is 19.1 Å². The molecule has 1 aromatic carbocycles. The van der Waals surface area contributed by atoms with Crippen LogP contribution in [-0.2, 0) is 16.4 Å². The molecule has 1 aromatic heterocycles. The molecule has 4 nitrogen and oxygen atoms in total. The Balaban J connectivity index is 1.89. The molecule has 0 radical (unpaired) electrons. The molecular weight excluding hydrogens is 328 g/mol. The third-order valence-electron chi connectivity index (χ3n) is 3.16. The van der Waals surface area contributed by atoms with Crippen LogP contribution in [0.25, 0.3) is 0 Å². The van der Waals surface area contributed by atoms with Gasteiger partial charge in [0.2, 0.25) is 10.0 Å². The summed E-state index contributed by atoms with van der Waals surface area (Å²) < 4.78 is 23.2. The van der Waals surface area contributed by atoms with Crippen molar-refractivity contribution < 1.29 is 8.42 Å². The van der Waals surface area contributed by atoms with Crippen LogP contribution in [0.2, 0.25) is 4.34 Å². The van der Waals surface area contributed by atoms with Gasteiger partial charge in [0.15, 0.2) is 0 Å². The smallest absolute Gasteiger partial charge is 0.238 e. The van der Waals surface area contributed by atoms with E-state index in [2.05, 4.69) is 5.32 Å². The number of thiophene rings is 1. The van der Waals surface area contributed by atoms with Crippen molar-refractivity contribution in [3.05, 3.63) is 51.2 Å². The first-order valence-corrected chi connectivity index (χ1v) is 9.21. The van der Waals surface area contributed by atoms with Crippen LogP contribution in [0.4, 0.5) is 0 Å². The molecule has 0 aliphatic carbocycles. The maximum atomic E-state index is 11.2. The van der Waals surface area contributed by atoms with E-state index < -0.39 is 10.0 Å². The molecule has 0 bridgehead atoms. The molecule has 0 fully saturated rings. The van der Waals surface area contributed by atoms with E-state index in [4.69, 9.17) is 16.7 Å². The van der Waals surface area contributed by atoms with Gasteiger partial charge in [-0.25, -0.2) is 13.6 Å². The lowest BCUT2D eigenvalue weighted by atomic mass is 10.1. The van der Waals surface area contributed by atoms with Crippen LogP contribution in [0.5, 0.6) is 0 Å². The van der Waals surface area contributed by atoms with Gasteiger partial charge in [0.05, 0.1) is 9.23 Å². The molecule has 0 aliphatic heterocycles. The second-order valence-corrected chi connectivity index (χ2v) is 8.11. The predicted molar refractivity (Wildman–Crippen MR) is 87.3 cm³/mol. The largest absolute Gasteiger partial charge is 0.310 e. The van der Waals surface area contributed by atoms with Gasteiger partial charge in [-0.1, -0.05) is 23.7 Å². The fourth-order valence-electron chi connectivity index (χ4n) is 1.96. The Morgan fingerprint density at radius 3 is 2.43 bits per heavy atom. The second-order valence-electron chi connectivity index (χ2n) is 4.75. The van der Waals surface area contributed by atoms with Gasteiger partial charge in [0.1, 0.15) is 0 Å². The lowest BCUT2D eigenvalue weighted by molar-refractivity contribution is 0.577. The number of rotatable bonds is 6. The molecule has 21 heavy (non-hydrogen) atoms. The van der Waals surface area contributed by atoms with Crippen LogP contribution >= 0.6 is 22.9 Å². The topological polar surface area (TPSA) is 72.2 Å². The quantitative estimate of drug-likeness (QED) is 0.846. The minimum absolute atomic E-state index is 0.131. The minimum atomic E-state index is -3.63. The number of sulfonamides is 1. The molecule has 0 saturated heterocycles. The third-order valence-corrected chi connectivity index (χ3v) is 5.38. The molecule has 1 unspecified atom stereocenters. The number of nitrogens with one attached hydrogen (secondary N) is 1. The Labute approximate surface area is 134 Å². The van der Waals surface area contributed by atoms with Gasteiger partial charge < -0.3 is 5.32 Å².